The van der Waals surface area contributed by atoms with Crippen LogP contribution in [0.4, 0.5) is 0 Å². The van der Waals surface area contributed by atoms with Crippen LogP contribution in [0.3, 0.4) is 0 Å². The Morgan fingerprint density at radius 1 is 0.971 bits per heavy atom. The zero-order valence-electron chi connectivity index (χ0n) is 19.6. The highest BCUT2D eigenvalue weighted by atomic mass is 16.5. The van der Waals surface area contributed by atoms with Crippen LogP contribution in [0.1, 0.15) is 34.7 Å². The molecular weight excluding hydrogens is 438 g/mol. The molecule has 0 spiro atoms. The Labute approximate surface area is 197 Å². The van der Waals surface area contributed by atoms with E-state index in [2.05, 4.69) is 0 Å². The molecule has 2 heterocycles. The van der Waals surface area contributed by atoms with Gasteiger partial charge in [-0.3, -0.25) is 9.59 Å². The van der Waals surface area contributed by atoms with Crippen LogP contribution in [-0.2, 0) is 17.8 Å². The predicted octanol–water partition coefficient (Wildman–Crippen LogP) is 3.57. The van der Waals surface area contributed by atoms with Crippen molar-refractivity contribution in [2.75, 3.05) is 21.3 Å². The van der Waals surface area contributed by atoms with Crippen LogP contribution < -0.4 is 24.5 Å². The van der Waals surface area contributed by atoms with Gasteiger partial charge in [-0.2, -0.15) is 0 Å². The third kappa shape index (κ3) is 4.31. The maximum Gasteiger partial charge on any atom is 0.312 e. The number of hydrogen-bond acceptors (Lipinski definition) is 7. The zero-order chi connectivity index (χ0) is 24.4. The molecule has 1 aromatic heterocycles. The number of hydrogen-bond donors (Lipinski definition) is 1. The van der Waals surface area contributed by atoms with Crippen molar-refractivity contribution in [1.82, 2.24) is 4.57 Å². The molecule has 4 rings (SSSR count). The van der Waals surface area contributed by atoms with Gasteiger partial charge in [-0.1, -0.05) is 12.1 Å². The lowest BCUT2D eigenvalue weighted by atomic mass is 9.86. The second kappa shape index (κ2) is 9.51. The van der Waals surface area contributed by atoms with Crippen molar-refractivity contribution in [3.8, 4) is 28.7 Å². The predicted molar refractivity (Wildman–Crippen MR) is 125 cm³/mol. The summed E-state index contributed by atoms with van der Waals surface area (Å²) in [6, 6.07) is 12.1. The molecule has 0 aliphatic carbocycles. The number of aromatic nitrogens is 1. The molecule has 0 fully saturated rings. The Bertz CT molecular complexity index is 1280. The highest BCUT2D eigenvalue weighted by Crippen LogP contribution is 2.44. The van der Waals surface area contributed by atoms with Crippen molar-refractivity contribution < 1.29 is 28.8 Å². The van der Waals surface area contributed by atoms with E-state index in [-0.39, 0.29) is 23.5 Å². The summed E-state index contributed by atoms with van der Waals surface area (Å²) in [6.07, 6.45) is 0.596. The fourth-order valence-electron chi connectivity index (χ4n) is 4.37. The highest BCUT2D eigenvalue weighted by Gasteiger charge is 2.35. The van der Waals surface area contributed by atoms with Gasteiger partial charge in [0.2, 0.25) is 0 Å². The average Bonchev–Trinajstić information content (AvgIpc) is 2.83. The molecule has 1 unspecified atom stereocenters. The van der Waals surface area contributed by atoms with Crippen molar-refractivity contribution in [3.05, 3.63) is 75.2 Å². The van der Waals surface area contributed by atoms with E-state index in [1.165, 1.54) is 21.3 Å². The van der Waals surface area contributed by atoms with Crippen molar-refractivity contribution >= 4 is 5.97 Å². The standard InChI is InChI=1S/C26H27NO7/c1-15-11-23-25(26(30)27(15)10-9-16-5-7-17(28)8-6-16)19(13-24(29)34-23)18-12-21(32-3)22(33-4)14-20(18)31-2/h5-8,11-12,14,19,28H,9-10,13H2,1-4H3. The summed E-state index contributed by atoms with van der Waals surface area (Å²) >= 11 is 0. The smallest absolute Gasteiger partial charge is 0.312 e. The average molecular weight is 466 g/mol. The number of methoxy groups -OCH3 is 3. The number of carbonyl (C=O) groups excluding carboxylic acids is 1. The molecule has 1 aliphatic heterocycles. The number of aryl methyl sites for hydroxylation is 2. The van der Waals surface area contributed by atoms with E-state index in [9.17, 15) is 14.7 Å². The van der Waals surface area contributed by atoms with E-state index < -0.39 is 11.9 Å². The number of benzene rings is 2. The minimum atomic E-state index is -0.570. The number of carbonyl (C=O) groups is 1. The number of fused-ring (bicyclic) bond motifs is 1. The number of phenols is 1. The minimum absolute atomic E-state index is 0.00485. The molecular formula is C26H27NO7. The SMILES string of the molecule is COc1cc(OC)c(C2CC(=O)Oc3cc(C)n(CCc4ccc(O)cc4)c(=O)c32)cc1OC. The second-order valence-electron chi connectivity index (χ2n) is 8.12. The molecule has 1 N–H and O–H groups in total. The van der Waals surface area contributed by atoms with E-state index in [1.807, 2.05) is 19.1 Å². The van der Waals surface area contributed by atoms with Gasteiger partial charge in [0.1, 0.15) is 17.2 Å². The third-order valence-electron chi connectivity index (χ3n) is 6.12. The van der Waals surface area contributed by atoms with Gasteiger partial charge in [-0.15, -0.1) is 0 Å². The summed E-state index contributed by atoms with van der Waals surface area (Å²) in [7, 11) is 4.58. The van der Waals surface area contributed by atoms with Crippen LogP contribution in [-0.4, -0.2) is 37.0 Å². The van der Waals surface area contributed by atoms with E-state index in [0.717, 1.165) is 5.56 Å². The summed E-state index contributed by atoms with van der Waals surface area (Å²) < 4.78 is 23.6. The quantitative estimate of drug-likeness (QED) is 0.533. The summed E-state index contributed by atoms with van der Waals surface area (Å²) in [6.45, 7) is 2.25. The minimum Gasteiger partial charge on any atom is -0.508 e. The molecule has 1 atom stereocenters. The maximum atomic E-state index is 13.7. The van der Waals surface area contributed by atoms with Gasteiger partial charge in [0.25, 0.3) is 5.56 Å². The monoisotopic (exact) mass is 465 g/mol. The van der Waals surface area contributed by atoms with Crippen molar-refractivity contribution in [2.24, 2.45) is 0 Å². The molecule has 2 aromatic carbocycles. The topological polar surface area (TPSA) is 96.2 Å². The van der Waals surface area contributed by atoms with E-state index in [0.29, 0.717) is 47.0 Å². The molecule has 0 saturated carbocycles. The number of rotatable bonds is 7. The van der Waals surface area contributed by atoms with Crippen LogP contribution in [0.2, 0.25) is 0 Å². The van der Waals surface area contributed by atoms with Crippen LogP contribution in [0.25, 0.3) is 0 Å². The van der Waals surface area contributed by atoms with Gasteiger partial charge in [-0.25, -0.2) is 0 Å². The van der Waals surface area contributed by atoms with E-state index in [4.69, 9.17) is 18.9 Å². The van der Waals surface area contributed by atoms with Crippen LogP contribution in [0.15, 0.2) is 47.3 Å². The lowest BCUT2D eigenvalue weighted by Crippen LogP contribution is -2.33. The number of esters is 1. The lowest BCUT2D eigenvalue weighted by Gasteiger charge is -2.27. The Balaban J connectivity index is 1.81. The molecule has 0 bridgehead atoms. The van der Waals surface area contributed by atoms with Gasteiger partial charge in [0, 0.05) is 35.9 Å². The van der Waals surface area contributed by atoms with Crippen LogP contribution >= 0.6 is 0 Å². The Morgan fingerprint density at radius 3 is 2.26 bits per heavy atom. The maximum absolute atomic E-state index is 13.7. The normalized spacial score (nSPS) is 14.8. The summed E-state index contributed by atoms with van der Waals surface area (Å²) in [5.74, 6) is 0.907. The molecule has 34 heavy (non-hydrogen) atoms. The Kier molecular flexibility index (Phi) is 6.49. The summed E-state index contributed by atoms with van der Waals surface area (Å²) in [4.78, 5) is 26.2. The largest absolute Gasteiger partial charge is 0.508 e. The molecule has 8 heteroatoms. The molecule has 8 nitrogen and oxygen atoms in total. The van der Waals surface area contributed by atoms with Crippen LogP contribution in [0, 0.1) is 6.92 Å². The van der Waals surface area contributed by atoms with Gasteiger partial charge in [-0.05, 0) is 37.1 Å². The Hall–Kier alpha value is -3.94. The van der Waals surface area contributed by atoms with E-state index >= 15 is 0 Å². The van der Waals surface area contributed by atoms with Crippen molar-refractivity contribution in [1.29, 1.82) is 0 Å². The van der Waals surface area contributed by atoms with E-state index in [1.54, 1.807) is 34.9 Å². The molecule has 1 aliphatic rings. The fraction of sp³-hybridized carbons (Fsp3) is 0.308. The van der Waals surface area contributed by atoms with Crippen molar-refractivity contribution in [2.45, 2.75) is 32.2 Å². The first-order valence-corrected chi connectivity index (χ1v) is 10.9. The van der Waals surface area contributed by atoms with Crippen molar-refractivity contribution in [3.63, 3.8) is 0 Å². The first-order chi connectivity index (χ1) is 16.4. The van der Waals surface area contributed by atoms with Crippen LogP contribution in [0.5, 0.6) is 28.7 Å². The van der Waals surface area contributed by atoms with Gasteiger partial charge >= 0.3 is 5.97 Å². The third-order valence-corrected chi connectivity index (χ3v) is 6.12. The number of aromatic hydroxyl groups is 1. The second-order valence-corrected chi connectivity index (χ2v) is 8.12. The molecule has 3 aromatic rings. The Morgan fingerprint density at radius 2 is 1.62 bits per heavy atom. The first-order valence-electron chi connectivity index (χ1n) is 10.9. The highest BCUT2D eigenvalue weighted by molar-refractivity contribution is 5.78. The number of pyridine rings is 1. The van der Waals surface area contributed by atoms with Gasteiger partial charge in [0.05, 0.1) is 33.3 Å². The molecule has 0 saturated heterocycles. The molecule has 0 radical (unpaired) electrons. The first kappa shape index (κ1) is 23.2. The zero-order valence-corrected chi connectivity index (χ0v) is 19.6. The fourth-order valence-corrected chi connectivity index (χ4v) is 4.37. The summed E-state index contributed by atoms with van der Waals surface area (Å²) in [5.41, 5.74) is 2.51. The van der Waals surface area contributed by atoms with Gasteiger partial charge in [0.15, 0.2) is 11.5 Å². The number of ether oxygens (including phenoxy) is 4. The molecule has 0 amide bonds. The lowest BCUT2D eigenvalue weighted by molar-refractivity contribution is -0.135. The summed E-state index contributed by atoms with van der Waals surface area (Å²) in [5, 5.41) is 9.51. The number of nitrogens with zero attached hydrogens (tertiary/aromatic N) is 1. The molecule has 178 valence electrons. The van der Waals surface area contributed by atoms with Gasteiger partial charge < -0.3 is 28.6 Å². The number of phenolic OH excluding ortho intramolecular Hbond substituents is 1.